The fraction of sp³-hybridized carbons (Fsp3) is 0.458. The van der Waals surface area contributed by atoms with Crippen LogP contribution in [0.15, 0.2) is 18.2 Å². The van der Waals surface area contributed by atoms with E-state index < -0.39 is 17.8 Å². The van der Waals surface area contributed by atoms with Gasteiger partial charge in [-0.25, -0.2) is 9.59 Å². The van der Waals surface area contributed by atoms with Crippen LogP contribution in [0, 0.1) is 6.92 Å². The number of benzene rings is 1. The molecule has 1 saturated carbocycles. The number of ether oxygens (including phenoxy) is 4. The normalized spacial score (nSPS) is 13.8. The Morgan fingerprint density at radius 3 is 2.36 bits per heavy atom. The number of hydrogen-bond donors (Lipinski definition) is 1. The Kier molecular flexibility index (Phi) is 8.32. The van der Waals surface area contributed by atoms with E-state index in [1.165, 1.54) is 20.3 Å². The van der Waals surface area contributed by atoms with Crippen LogP contribution in [0.5, 0.6) is 11.5 Å². The number of thiophene rings is 1. The first-order valence-corrected chi connectivity index (χ1v) is 11.8. The molecule has 9 heteroatoms. The van der Waals surface area contributed by atoms with Crippen molar-refractivity contribution in [3.05, 3.63) is 39.8 Å². The maximum atomic E-state index is 13.0. The summed E-state index contributed by atoms with van der Waals surface area (Å²) in [5, 5.41) is 2.99. The number of amides is 1. The van der Waals surface area contributed by atoms with Gasteiger partial charge in [0.25, 0.3) is 5.91 Å². The molecule has 8 nitrogen and oxygen atoms in total. The third kappa shape index (κ3) is 5.65. The lowest BCUT2D eigenvalue weighted by molar-refractivity contribution is 0.0216. The Morgan fingerprint density at radius 1 is 1.03 bits per heavy atom. The molecule has 1 aliphatic carbocycles. The maximum Gasteiger partial charge on any atom is 0.348 e. The summed E-state index contributed by atoms with van der Waals surface area (Å²) in [5.41, 5.74) is 0.896. The molecular formula is C24H29NO7S. The second-order valence-electron chi connectivity index (χ2n) is 7.67. The summed E-state index contributed by atoms with van der Waals surface area (Å²) in [6.45, 7) is 3.52. The molecule has 178 valence electrons. The minimum absolute atomic E-state index is 0.122. The number of esters is 2. The number of nitrogens with one attached hydrogen (secondary N) is 1. The molecule has 33 heavy (non-hydrogen) atoms. The van der Waals surface area contributed by atoms with Gasteiger partial charge in [0.1, 0.15) is 16.0 Å². The highest BCUT2D eigenvalue weighted by molar-refractivity contribution is 7.18. The minimum Gasteiger partial charge on any atom is -0.493 e. The highest BCUT2D eigenvalue weighted by Gasteiger charge is 2.29. The summed E-state index contributed by atoms with van der Waals surface area (Å²) in [6, 6.07) is 4.74. The number of carbonyl (C=O) groups is 3. The highest BCUT2D eigenvalue weighted by Crippen LogP contribution is 2.36. The molecule has 0 saturated heterocycles. The molecule has 1 amide bonds. The quantitative estimate of drug-likeness (QED) is 0.537. The van der Waals surface area contributed by atoms with Gasteiger partial charge in [0.15, 0.2) is 11.5 Å². The molecule has 3 rings (SSSR count). The van der Waals surface area contributed by atoms with Gasteiger partial charge in [0, 0.05) is 5.56 Å². The zero-order valence-electron chi connectivity index (χ0n) is 19.3. The molecule has 0 unspecified atom stereocenters. The maximum absolute atomic E-state index is 13.0. The van der Waals surface area contributed by atoms with Crippen LogP contribution in [-0.4, -0.2) is 44.8 Å². The van der Waals surface area contributed by atoms with Crippen molar-refractivity contribution in [1.82, 2.24) is 0 Å². The molecule has 1 aromatic heterocycles. The number of methoxy groups -OCH3 is 2. The molecule has 0 atom stereocenters. The van der Waals surface area contributed by atoms with Gasteiger partial charge in [0.05, 0.1) is 26.4 Å². The minimum atomic E-state index is -0.606. The summed E-state index contributed by atoms with van der Waals surface area (Å²) in [7, 11) is 2.98. The Bertz CT molecular complexity index is 1020. The van der Waals surface area contributed by atoms with Gasteiger partial charge < -0.3 is 24.3 Å². The van der Waals surface area contributed by atoms with Gasteiger partial charge in [-0.1, -0.05) is 6.42 Å². The predicted octanol–water partition coefficient (Wildman–Crippen LogP) is 4.99. The Labute approximate surface area is 197 Å². The molecule has 2 aromatic rings. The number of rotatable bonds is 8. The van der Waals surface area contributed by atoms with E-state index in [4.69, 9.17) is 18.9 Å². The first-order valence-electron chi connectivity index (χ1n) is 10.9. The summed E-state index contributed by atoms with van der Waals surface area (Å²) in [4.78, 5) is 38.8. The van der Waals surface area contributed by atoms with Gasteiger partial charge in [0.2, 0.25) is 0 Å². The van der Waals surface area contributed by atoms with E-state index in [9.17, 15) is 14.4 Å². The van der Waals surface area contributed by atoms with E-state index in [2.05, 4.69) is 5.32 Å². The van der Waals surface area contributed by atoms with Gasteiger partial charge in [-0.15, -0.1) is 11.3 Å². The number of hydrogen-bond acceptors (Lipinski definition) is 8. The third-order valence-electron chi connectivity index (χ3n) is 5.51. The average Bonchev–Trinajstić information content (AvgIpc) is 3.15. The number of anilines is 1. The molecule has 1 heterocycles. The van der Waals surface area contributed by atoms with E-state index >= 15 is 0 Å². The largest absolute Gasteiger partial charge is 0.493 e. The van der Waals surface area contributed by atoms with Gasteiger partial charge in [-0.3, -0.25) is 4.79 Å². The molecule has 1 aliphatic rings. The fourth-order valence-corrected chi connectivity index (χ4v) is 4.86. The van der Waals surface area contributed by atoms with Gasteiger partial charge in [-0.05, 0) is 63.3 Å². The van der Waals surface area contributed by atoms with Gasteiger partial charge in [-0.2, -0.15) is 0 Å². The van der Waals surface area contributed by atoms with E-state index in [0.29, 0.717) is 22.6 Å². The monoisotopic (exact) mass is 475 g/mol. The molecule has 0 radical (unpaired) electrons. The fourth-order valence-electron chi connectivity index (χ4n) is 3.79. The van der Waals surface area contributed by atoms with E-state index in [1.54, 1.807) is 26.0 Å². The second kappa shape index (κ2) is 11.2. The van der Waals surface area contributed by atoms with Crippen LogP contribution < -0.4 is 14.8 Å². The summed E-state index contributed by atoms with van der Waals surface area (Å²) in [5.74, 6) is -0.669. The highest BCUT2D eigenvalue weighted by atomic mass is 32.1. The zero-order chi connectivity index (χ0) is 24.0. The van der Waals surface area contributed by atoms with Crippen molar-refractivity contribution in [1.29, 1.82) is 0 Å². The van der Waals surface area contributed by atoms with E-state index in [-0.39, 0.29) is 28.2 Å². The molecule has 0 aliphatic heterocycles. The van der Waals surface area contributed by atoms with Crippen molar-refractivity contribution in [3.8, 4) is 11.5 Å². The molecule has 1 N–H and O–H groups in total. The van der Waals surface area contributed by atoms with Crippen molar-refractivity contribution >= 4 is 34.2 Å². The van der Waals surface area contributed by atoms with Gasteiger partial charge >= 0.3 is 11.9 Å². The lowest BCUT2D eigenvalue weighted by Crippen LogP contribution is -2.21. The molecule has 1 aromatic carbocycles. The van der Waals surface area contributed by atoms with Crippen LogP contribution >= 0.6 is 11.3 Å². The lowest BCUT2D eigenvalue weighted by Gasteiger charge is -2.21. The molecular weight excluding hydrogens is 446 g/mol. The summed E-state index contributed by atoms with van der Waals surface area (Å²) < 4.78 is 21.3. The van der Waals surface area contributed by atoms with Crippen molar-refractivity contribution in [2.24, 2.45) is 0 Å². The average molecular weight is 476 g/mol. The van der Waals surface area contributed by atoms with Crippen LogP contribution in [0.2, 0.25) is 0 Å². The van der Waals surface area contributed by atoms with Crippen LogP contribution in [0.25, 0.3) is 0 Å². The predicted molar refractivity (Wildman–Crippen MR) is 125 cm³/mol. The van der Waals surface area contributed by atoms with Crippen LogP contribution in [-0.2, 0) is 9.47 Å². The van der Waals surface area contributed by atoms with Crippen molar-refractivity contribution in [2.75, 3.05) is 26.1 Å². The molecule has 0 bridgehead atoms. The Hall–Kier alpha value is -3.07. The topological polar surface area (TPSA) is 100 Å². The Morgan fingerprint density at radius 2 is 1.73 bits per heavy atom. The third-order valence-corrected chi connectivity index (χ3v) is 6.70. The summed E-state index contributed by atoms with van der Waals surface area (Å²) in [6.07, 6.45) is 4.76. The number of carbonyl (C=O) groups excluding carboxylic acids is 3. The Balaban J connectivity index is 1.89. The summed E-state index contributed by atoms with van der Waals surface area (Å²) >= 11 is 1.01. The van der Waals surface area contributed by atoms with Crippen molar-refractivity contribution < 1.29 is 33.3 Å². The second-order valence-corrected chi connectivity index (χ2v) is 8.69. The lowest BCUT2D eigenvalue weighted by atomic mass is 9.98. The standard InChI is InChI=1S/C24H29NO7S/c1-5-31-23(27)19-14(2)20(24(28)32-16-9-7-6-8-10-16)33-22(19)25-21(26)15-11-12-17(29-3)18(13-15)30-4/h11-13,16H,5-10H2,1-4H3,(H,25,26). The van der Waals surface area contributed by atoms with E-state index in [1.807, 2.05) is 0 Å². The van der Waals surface area contributed by atoms with Crippen LogP contribution in [0.4, 0.5) is 5.00 Å². The first-order chi connectivity index (χ1) is 15.9. The van der Waals surface area contributed by atoms with Crippen molar-refractivity contribution in [2.45, 2.75) is 52.1 Å². The zero-order valence-corrected chi connectivity index (χ0v) is 20.1. The van der Waals surface area contributed by atoms with E-state index in [0.717, 1.165) is 43.4 Å². The molecule has 0 spiro atoms. The molecule has 1 fully saturated rings. The van der Waals surface area contributed by atoms with Crippen LogP contribution in [0.3, 0.4) is 0 Å². The van der Waals surface area contributed by atoms with Crippen LogP contribution in [0.1, 0.15) is 75.0 Å². The first kappa shape index (κ1) is 24.6. The smallest absolute Gasteiger partial charge is 0.348 e. The van der Waals surface area contributed by atoms with Crippen molar-refractivity contribution in [3.63, 3.8) is 0 Å². The SMILES string of the molecule is CCOC(=O)c1c(NC(=O)c2ccc(OC)c(OC)c2)sc(C(=O)OC2CCCCC2)c1C.